The number of hydrogen-bond donors (Lipinski definition) is 1. The molecule has 33 heavy (non-hydrogen) atoms. The third-order valence-electron chi connectivity index (χ3n) is 5.90. The lowest BCUT2D eigenvalue weighted by Gasteiger charge is -2.35. The number of amides is 1. The highest BCUT2D eigenvalue weighted by Gasteiger charge is 2.24. The molecule has 4 rings (SSSR count). The summed E-state index contributed by atoms with van der Waals surface area (Å²) in [5.41, 5.74) is 1.07. The molecule has 176 valence electrons. The van der Waals surface area contributed by atoms with Crippen LogP contribution in [0.4, 0.5) is 5.69 Å². The molecular weight excluding hydrogens is 462 g/mol. The summed E-state index contributed by atoms with van der Waals surface area (Å²) < 4.78 is 33.4. The summed E-state index contributed by atoms with van der Waals surface area (Å²) in [4.78, 5) is 16.9. The number of piperazine rings is 1. The van der Waals surface area contributed by atoms with Crippen molar-refractivity contribution in [1.29, 1.82) is 0 Å². The van der Waals surface area contributed by atoms with Gasteiger partial charge in [0, 0.05) is 45.4 Å². The zero-order chi connectivity index (χ0) is 23.3. The van der Waals surface area contributed by atoms with Crippen LogP contribution in [0.5, 0.6) is 0 Å². The van der Waals surface area contributed by atoms with Crippen LogP contribution in [0.15, 0.2) is 59.5 Å². The minimum Gasteiger partial charge on any atom is -0.377 e. The van der Waals surface area contributed by atoms with Gasteiger partial charge in [0.1, 0.15) is 0 Å². The van der Waals surface area contributed by atoms with Crippen molar-refractivity contribution in [3.63, 3.8) is 0 Å². The first-order valence-corrected chi connectivity index (χ1v) is 13.0. The van der Waals surface area contributed by atoms with E-state index in [9.17, 15) is 13.2 Å². The number of carbonyl (C=O) groups is 1. The number of sulfonamides is 1. The molecule has 2 aliphatic rings. The standard InChI is InChI=1S/C24H28ClN3O4S/c25-22-5-1-2-6-23(22)26-33(30,31)21-10-7-19(8-11-21)9-12-24(29)28-15-13-27(14-16-28)18-20-4-3-17-32-20/h1-2,5-12,20,26H,3-4,13-18H2. The number of anilines is 1. The Labute approximate surface area is 200 Å². The second kappa shape index (κ2) is 10.7. The molecule has 1 atom stereocenters. The van der Waals surface area contributed by atoms with Crippen LogP contribution in [-0.4, -0.2) is 69.6 Å². The molecule has 0 spiro atoms. The van der Waals surface area contributed by atoms with Crippen molar-refractivity contribution in [3.05, 3.63) is 65.2 Å². The van der Waals surface area contributed by atoms with E-state index in [0.29, 0.717) is 29.9 Å². The highest BCUT2D eigenvalue weighted by Crippen LogP contribution is 2.24. The van der Waals surface area contributed by atoms with Crippen molar-refractivity contribution in [2.75, 3.05) is 44.1 Å². The van der Waals surface area contributed by atoms with E-state index >= 15 is 0 Å². The van der Waals surface area contributed by atoms with Gasteiger partial charge in [0.15, 0.2) is 0 Å². The van der Waals surface area contributed by atoms with Crippen molar-refractivity contribution in [1.82, 2.24) is 9.80 Å². The second-order valence-electron chi connectivity index (χ2n) is 8.25. The summed E-state index contributed by atoms with van der Waals surface area (Å²) >= 11 is 6.04. The van der Waals surface area contributed by atoms with Gasteiger partial charge in [-0.05, 0) is 48.7 Å². The van der Waals surface area contributed by atoms with Gasteiger partial charge in [0.25, 0.3) is 10.0 Å². The van der Waals surface area contributed by atoms with Crippen molar-refractivity contribution < 1.29 is 17.9 Å². The summed E-state index contributed by atoms with van der Waals surface area (Å²) in [6.07, 6.45) is 5.84. The van der Waals surface area contributed by atoms with E-state index in [4.69, 9.17) is 16.3 Å². The SMILES string of the molecule is O=C(C=Cc1ccc(S(=O)(=O)Nc2ccccc2Cl)cc1)N1CCN(CC2CCCO2)CC1. The van der Waals surface area contributed by atoms with Gasteiger partial charge in [0.2, 0.25) is 5.91 Å². The van der Waals surface area contributed by atoms with E-state index < -0.39 is 10.0 Å². The minimum atomic E-state index is -3.76. The summed E-state index contributed by atoms with van der Waals surface area (Å²) in [6.45, 7) is 4.90. The Bertz CT molecular complexity index is 1090. The molecule has 2 fully saturated rings. The smallest absolute Gasteiger partial charge is 0.261 e. The Morgan fingerprint density at radius 3 is 2.48 bits per heavy atom. The van der Waals surface area contributed by atoms with E-state index in [1.165, 1.54) is 12.1 Å². The molecule has 1 unspecified atom stereocenters. The monoisotopic (exact) mass is 489 g/mol. The summed E-state index contributed by atoms with van der Waals surface area (Å²) in [5.74, 6) is -0.0381. The first-order valence-electron chi connectivity index (χ1n) is 11.1. The van der Waals surface area contributed by atoms with Crippen LogP contribution in [-0.2, 0) is 19.6 Å². The first-order chi connectivity index (χ1) is 15.9. The van der Waals surface area contributed by atoms with E-state index in [0.717, 1.165) is 44.6 Å². The van der Waals surface area contributed by atoms with Gasteiger partial charge in [-0.2, -0.15) is 0 Å². The maximum absolute atomic E-state index is 12.6. The lowest BCUT2D eigenvalue weighted by molar-refractivity contribution is -0.127. The normalized spacial score (nSPS) is 19.8. The highest BCUT2D eigenvalue weighted by atomic mass is 35.5. The summed E-state index contributed by atoms with van der Waals surface area (Å²) in [5, 5.41) is 0.326. The van der Waals surface area contributed by atoms with Gasteiger partial charge in [-0.15, -0.1) is 0 Å². The quantitative estimate of drug-likeness (QED) is 0.602. The number of rotatable bonds is 7. The number of para-hydroxylation sites is 1. The fourth-order valence-electron chi connectivity index (χ4n) is 4.01. The van der Waals surface area contributed by atoms with Crippen molar-refractivity contribution in [2.24, 2.45) is 0 Å². The predicted molar refractivity (Wildman–Crippen MR) is 130 cm³/mol. The highest BCUT2D eigenvalue weighted by molar-refractivity contribution is 7.92. The van der Waals surface area contributed by atoms with Gasteiger partial charge < -0.3 is 9.64 Å². The van der Waals surface area contributed by atoms with Crippen LogP contribution in [0, 0.1) is 0 Å². The zero-order valence-corrected chi connectivity index (χ0v) is 19.9. The van der Waals surface area contributed by atoms with Crippen LogP contribution in [0.3, 0.4) is 0 Å². The number of halogens is 1. The van der Waals surface area contributed by atoms with Crippen LogP contribution in [0.25, 0.3) is 6.08 Å². The molecule has 2 aromatic carbocycles. The van der Waals surface area contributed by atoms with Gasteiger partial charge in [0.05, 0.1) is 21.7 Å². The van der Waals surface area contributed by atoms with E-state index in [-0.39, 0.29) is 10.8 Å². The molecule has 2 heterocycles. The number of hydrogen-bond acceptors (Lipinski definition) is 5. The molecule has 1 amide bonds. The molecular formula is C24H28ClN3O4S. The molecule has 0 saturated carbocycles. The maximum atomic E-state index is 12.6. The Morgan fingerprint density at radius 1 is 1.09 bits per heavy atom. The molecule has 0 radical (unpaired) electrons. The van der Waals surface area contributed by atoms with Crippen molar-refractivity contribution in [3.8, 4) is 0 Å². The summed E-state index contributed by atoms with van der Waals surface area (Å²) in [6, 6.07) is 13.0. The fraction of sp³-hybridized carbons (Fsp3) is 0.375. The van der Waals surface area contributed by atoms with Gasteiger partial charge in [-0.3, -0.25) is 14.4 Å². The predicted octanol–water partition coefficient (Wildman–Crippen LogP) is 3.48. The average molecular weight is 490 g/mol. The molecule has 1 N–H and O–H groups in total. The molecule has 9 heteroatoms. The molecule has 2 saturated heterocycles. The molecule has 7 nitrogen and oxygen atoms in total. The Hall–Kier alpha value is -2.39. The lowest BCUT2D eigenvalue weighted by Crippen LogP contribution is -2.50. The summed E-state index contributed by atoms with van der Waals surface area (Å²) in [7, 11) is -3.76. The van der Waals surface area contributed by atoms with Crippen molar-refractivity contribution in [2.45, 2.75) is 23.8 Å². The minimum absolute atomic E-state index is 0.0381. The second-order valence-corrected chi connectivity index (χ2v) is 10.3. The number of ether oxygens (including phenoxy) is 1. The molecule has 2 aliphatic heterocycles. The van der Waals surface area contributed by atoms with E-state index in [1.807, 2.05) is 4.90 Å². The average Bonchev–Trinajstić information content (AvgIpc) is 3.33. The largest absolute Gasteiger partial charge is 0.377 e. The van der Waals surface area contributed by atoms with Crippen molar-refractivity contribution >= 4 is 39.3 Å². The Kier molecular flexibility index (Phi) is 7.70. The van der Waals surface area contributed by atoms with E-state index in [1.54, 1.807) is 48.6 Å². The first kappa shape index (κ1) is 23.8. The van der Waals surface area contributed by atoms with Crippen LogP contribution < -0.4 is 4.72 Å². The van der Waals surface area contributed by atoms with Crippen LogP contribution in [0.2, 0.25) is 5.02 Å². The number of carbonyl (C=O) groups excluding carboxylic acids is 1. The van der Waals surface area contributed by atoms with E-state index in [2.05, 4.69) is 9.62 Å². The number of nitrogens with one attached hydrogen (secondary N) is 1. The third kappa shape index (κ3) is 6.35. The van der Waals surface area contributed by atoms with Gasteiger partial charge >= 0.3 is 0 Å². The van der Waals surface area contributed by atoms with Crippen LogP contribution >= 0.6 is 11.6 Å². The topological polar surface area (TPSA) is 79.0 Å². The number of benzene rings is 2. The third-order valence-corrected chi connectivity index (χ3v) is 7.61. The lowest BCUT2D eigenvalue weighted by atomic mass is 10.2. The molecule has 0 aliphatic carbocycles. The van der Waals surface area contributed by atoms with Crippen LogP contribution in [0.1, 0.15) is 18.4 Å². The molecule has 0 aromatic heterocycles. The Morgan fingerprint density at radius 2 is 1.82 bits per heavy atom. The fourth-order valence-corrected chi connectivity index (χ4v) is 5.32. The zero-order valence-electron chi connectivity index (χ0n) is 18.3. The van der Waals surface area contributed by atoms with Gasteiger partial charge in [-0.25, -0.2) is 8.42 Å². The maximum Gasteiger partial charge on any atom is 0.261 e. The molecule has 2 aromatic rings. The van der Waals surface area contributed by atoms with Gasteiger partial charge in [-0.1, -0.05) is 35.9 Å². The molecule has 0 bridgehead atoms. The number of nitrogens with zero attached hydrogens (tertiary/aromatic N) is 2. The Balaban J connectivity index is 1.30.